The standard InChI is InChI=1S/C15H15IN4O4/c1-3-22-11-8-9(7-10(16)14(11)24-6-5-17)12-13(19-20-18-12)15(21)23-4-2/h7-8H,3-4,6H2,1-2H3,(H,18,19,20). The Morgan fingerprint density at radius 3 is 2.75 bits per heavy atom. The Balaban J connectivity index is 2.47. The summed E-state index contributed by atoms with van der Waals surface area (Å²) in [4.78, 5) is 12.0. The molecular weight excluding hydrogens is 427 g/mol. The van der Waals surface area contributed by atoms with Crippen LogP contribution in [0.2, 0.25) is 0 Å². The molecule has 1 aromatic carbocycles. The van der Waals surface area contributed by atoms with Crippen LogP contribution in [0.25, 0.3) is 11.3 Å². The molecule has 0 saturated carbocycles. The van der Waals surface area contributed by atoms with Crippen LogP contribution in [0.5, 0.6) is 11.5 Å². The Morgan fingerprint density at radius 1 is 1.29 bits per heavy atom. The van der Waals surface area contributed by atoms with Crippen LogP contribution in [-0.4, -0.2) is 41.2 Å². The highest BCUT2D eigenvalue weighted by molar-refractivity contribution is 14.1. The summed E-state index contributed by atoms with van der Waals surface area (Å²) < 4.78 is 16.7. The molecule has 0 amide bonds. The lowest BCUT2D eigenvalue weighted by molar-refractivity contribution is 0.0520. The number of nitriles is 1. The van der Waals surface area contributed by atoms with E-state index in [2.05, 4.69) is 38.0 Å². The Morgan fingerprint density at radius 2 is 2.08 bits per heavy atom. The number of esters is 1. The van der Waals surface area contributed by atoms with Crippen molar-refractivity contribution in [3.8, 4) is 28.8 Å². The highest BCUT2D eigenvalue weighted by atomic mass is 127. The summed E-state index contributed by atoms with van der Waals surface area (Å²) >= 11 is 2.07. The topological polar surface area (TPSA) is 110 Å². The van der Waals surface area contributed by atoms with Crippen LogP contribution in [0.4, 0.5) is 0 Å². The van der Waals surface area contributed by atoms with Crippen LogP contribution in [-0.2, 0) is 4.74 Å². The normalized spacial score (nSPS) is 10.1. The number of aromatic amines is 1. The molecule has 0 atom stereocenters. The van der Waals surface area contributed by atoms with Crippen molar-refractivity contribution in [2.45, 2.75) is 13.8 Å². The third-order valence-corrected chi connectivity index (χ3v) is 3.68. The zero-order chi connectivity index (χ0) is 17.5. The van der Waals surface area contributed by atoms with Gasteiger partial charge in [0.25, 0.3) is 0 Å². The number of nitrogens with zero attached hydrogens (tertiary/aromatic N) is 3. The number of aromatic nitrogens is 3. The van der Waals surface area contributed by atoms with Crippen LogP contribution >= 0.6 is 22.6 Å². The lowest BCUT2D eigenvalue weighted by Gasteiger charge is -2.13. The maximum Gasteiger partial charge on any atom is 0.361 e. The molecule has 0 fully saturated rings. The number of H-pyrrole nitrogens is 1. The van der Waals surface area contributed by atoms with Crippen molar-refractivity contribution in [2.24, 2.45) is 0 Å². The first kappa shape index (κ1) is 18.0. The van der Waals surface area contributed by atoms with Gasteiger partial charge in [-0.2, -0.15) is 15.6 Å². The number of hydrogen-bond acceptors (Lipinski definition) is 7. The third-order valence-electron chi connectivity index (χ3n) is 2.88. The highest BCUT2D eigenvalue weighted by Gasteiger charge is 2.22. The van der Waals surface area contributed by atoms with E-state index in [0.717, 1.165) is 3.57 Å². The van der Waals surface area contributed by atoms with Crippen LogP contribution < -0.4 is 9.47 Å². The van der Waals surface area contributed by atoms with E-state index < -0.39 is 5.97 Å². The second kappa shape index (κ2) is 8.49. The molecule has 0 spiro atoms. The molecule has 2 aromatic rings. The van der Waals surface area contributed by atoms with Gasteiger partial charge in [0.05, 0.1) is 16.8 Å². The predicted octanol–water partition coefficient (Wildman–Crippen LogP) is 2.55. The summed E-state index contributed by atoms with van der Waals surface area (Å²) in [5.74, 6) is 0.385. The number of ether oxygens (including phenoxy) is 3. The third kappa shape index (κ3) is 3.94. The number of halogens is 1. The molecule has 1 aromatic heterocycles. The second-order valence-corrected chi connectivity index (χ2v) is 5.57. The first-order valence-corrected chi connectivity index (χ1v) is 8.24. The molecule has 1 N–H and O–H groups in total. The zero-order valence-corrected chi connectivity index (χ0v) is 15.3. The molecule has 8 nitrogen and oxygen atoms in total. The van der Waals surface area contributed by atoms with E-state index in [9.17, 15) is 4.79 Å². The molecule has 24 heavy (non-hydrogen) atoms. The van der Waals surface area contributed by atoms with E-state index >= 15 is 0 Å². The van der Waals surface area contributed by atoms with Crippen LogP contribution in [0.1, 0.15) is 24.3 Å². The smallest absolute Gasteiger partial charge is 0.361 e. The first-order chi connectivity index (χ1) is 11.6. The van der Waals surface area contributed by atoms with E-state index in [0.29, 0.717) is 29.4 Å². The summed E-state index contributed by atoms with van der Waals surface area (Å²) in [6.45, 7) is 4.14. The van der Waals surface area contributed by atoms with E-state index in [4.69, 9.17) is 19.5 Å². The summed E-state index contributed by atoms with van der Waals surface area (Å²) in [7, 11) is 0. The maximum atomic E-state index is 12.0. The molecule has 0 bridgehead atoms. The molecule has 0 aliphatic heterocycles. The Kier molecular flexibility index (Phi) is 6.36. The second-order valence-electron chi connectivity index (χ2n) is 4.41. The van der Waals surface area contributed by atoms with E-state index in [-0.39, 0.29) is 18.9 Å². The molecular formula is C15H15IN4O4. The number of carbonyl (C=O) groups is 1. The van der Waals surface area contributed by atoms with Gasteiger partial charge in [-0.1, -0.05) is 0 Å². The van der Waals surface area contributed by atoms with Gasteiger partial charge in [0.1, 0.15) is 11.8 Å². The van der Waals surface area contributed by atoms with Gasteiger partial charge in [0.15, 0.2) is 23.8 Å². The number of nitrogens with one attached hydrogen (secondary N) is 1. The van der Waals surface area contributed by atoms with Gasteiger partial charge in [0.2, 0.25) is 0 Å². The molecule has 0 unspecified atom stereocenters. The molecule has 1 heterocycles. The largest absolute Gasteiger partial charge is 0.490 e. The molecule has 126 valence electrons. The number of rotatable bonds is 7. The fourth-order valence-electron chi connectivity index (χ4n) is 1.99. The SMILES string of the molecule is CCOC(=O)c1n[nH]nc1-c1cc(I)c(OCC#N)c(OCC)c1. The zero-order valence-electron chi connectivity index (χ0n) is 13.1. The minimum Gasteiger partial charge on any atom is -0.490 e. The first-order valence-electron chi connectivity index (χ1n) is 7.16. The highest BCUT2D eigenvalue weighted by Crippen LogP contribution is 2.37. The monoisotopic (exact) mass is 442 g/mol. The van der Waals surface area contributed by atoms with Crippen molar-refractivity contribution in [1.29, 1.82) is 5.26 Å². The summed E-state index contributed by atoms with van der Waals surface area (Å²) in [6, 6.07) is 5.39. The fraction of sp³-hybridized carbons (Fsp3) is 0.333. The lowest BCUT2D eigenvalue weighted by Crippen LogP contribution is -2.07. The fourth-order valence-corrected chi connectivity index (χ4v) is 2.74. The maximum absolute atomic E-state index is 12.0. The Hall–Kier alpha value is -2.35. The summed E-state index contributed by atoms with van der Waals surface area (Å²) in [5.41, 5.74) is 1.09. The van der Waals surface area contributed by atoms with E-state index in [1.807, 2.05) is 13.0 Å². The predicted molar refractivity (Wildman–Crippen MR) is 92.8 cm³/mol. The molecule has 9 heteroatoms. The van der Waals surface area contributed by atoms with Crippen molar-refractivity contribution in [3.63, 3.8) is 0 Å². The number of carbonyl (C=O) groups excluding carboxylic acids is 1. The number of hydrogen-bond donors (Lipinski definition) is 1. The average Bonchev–Trinajstić information content (AvgIpc) is 3.04. The van der Waals surface area contributed by atoms with Crippen molar-refractivity contribution in [2.75, 3.05) is 19.8 Å². The molecule has 0 radical (unpaired) electrons. The van der Waals surface area contributed by atoms with Gasteiger partial charge in [-0.3, -0.25) is 0 Å². The summed E-state index contributed by atoms with van der Waals surface area (Å²) in [6.07, 6.45) is 0. The Bertz CT molecular complexity index is 769. The van der Waals surface area contributed by atoms with Crippen LogP contribution in [0, 0.1) is 14.9 Å². The van der Waals surface area contributed by atoms with Gasteiger partial charge < -0.3 is 14.2 Å². The Labute approximate surface area is 152 Å². The van der Waals surface area contributed by atoms with E-state index in [1.54, 1.807) is 19.1 Å². The lowest BCUT2D eigenvalue weighted by atomic mass is 10.1. The minimum atomic E-state index is -0.556. The van der Waals surface area contributed by atoms with Crippen LogP contribution in [0.3, 0.4) is 0 Å². The minimum absolute atomic E-state index is 0.0898. The van der Waals surface area contributed by atoms with Gasteiger partial charge in [-0.05, 0) is 48.6 Å². The molecule has 0 aliphatic rings. The van der Waals surface area contributed by atoms with Gasteiger partial charge in [0, 0.05) is 5.56 Å². The van der Waals surface area contributed by atoms with Gasteiger partial charge in [-0.15, -0.1) is 5.10 Å². The quantitative estimate of drug-likeness (QED) is 0.519. The molecule has 2 rings (SSSR count). The molecule has 0 saturated heterocycles. The average molecular weight is 442 g/mol. The van der Waals surface area contributed by atoms with Crippen molar-refractivity contribution < 1.29 is 19.0 Å². The van der Waals surface area contributed by atoms with Crippen molar-refractivity contribution in [1.82, 2.24) is 15.4 Å². The van der Waals surface area contributed by atoms with Gasteiger partial charge >= 0.3 is 5.97 Å². The van der Waals surface area contributed by atoms with E-state index in [1.165, 1.54) is 0 Å². The van der Waals surface area contributed by atoms with Gasteiger partial charge in [-0.25, -0.2) is 4.79 Å². The molecule has 0 aliphatic carbocycles. The van der Waals surface area contributed by atoms with Crippen LogP contribution in [0.15, 0.2) is 12.1 Å². The number of benzene rings is 1. The van der Waals surface area contributed by atoms with Crippen molar-refractivity contribution in [3.05, 3.63) is 21.4 Å². The van der Waals surface area contributed by atoms with Crippen molar-refractivity contribution >= 4 is 28.6 Å². The summed E-state index contributed by atoms with van der Waals surface area (Å²) in [5, 5.41) is 19.0.